The highest BCUT2D eigenvalue weighted by atomic mass is 32.2. The average molecular weight is 248 g/mol. The van der Waals surface area contributed by atoms with Gasteiger partial charge in [0.05, 0.1) is 11.4 Å². The van der Waals surface area contributed by atoms with E-state index in [2.05, 4.69) is 17.0 Å². The van der Waals surface area contributed by atoms with Crippen molar-refractivity contribution in [3.63, 3.8) is 0 Å². The first-order valence-corrected chi connectivity index (χ1v) is 6.44. The van der Waals surface area contributed by atoms with Gasteiger partial charge in [-0.2, -0.15) is 5.10 Å². The Kier molecular flexibility index (Phi) is 3.68. The maximum atomic E-state index is 6.11. The van der Waals surface area contributed by atoms with Crippen molar-refractivity contribution in [3.8, 4) is 0 Å². The monoisotopic (exact) mass is 248 g/mol. The van der Waals surface area contributed by atoms with Crippen LogP contribution in [0.15, 0.2) is 34.4 Å². The van der Waals surface area contributed by atoms with Gasteiger partial charge in [0.1, 0.15) is 10.1 Å². The zero-order valence-electron chi connectivity index (χ0n) is 10.1. The number of nitrogen functional groups attached to an aromatic ring is 1. The van der Waals surface area contributed by atoms with Crippen molar-refractivity contribution in [2.75, 3.05) is 5.73 Å². The highest BCUT2D eigenvalue weighted by Crippen LogP contribution is 2.32. The number of nitrogens with two attached hydrogens (primary N) is 1. The quantitative estimate of drug-likeness (QED) is 0.903. The summed E-state index contributed by atoms with van der Waals surface area (Å²) in [4.78, 5) is 4.28. The summed E-state index contributed by atoms with van der Waals surface area (Å²) in [5.41, 5.74) is 7.87. The number of nitrogens with zero attached hydrogens (tertiary/aromatic N) is 3. The Bertz CT molecular complexity index is 493. The molecule has 0 aliphatic rings. The molecule has 2 aromatic heterocycles. The lowest BCUT2D eigenvalue weighted by atomic mass is 10.2. The third kappa shape index (κ3) is 2.61. The number of aromatic nitrogens is 3. The predicted molar refractivity (Wildman–Crippen MR) is 70.0 cm³/mol. The van der Waals surface area contributed by atoms with Gasteiger partial charge in [-0.3, -0.25) is 4.68 Å². The topological polar surface area (TPSA) is 56.7 Å². The van der Waals surface area contributed by atoms with Crippen LogP contribution < -0.4 is 5.73 Å². The lowest BCUT2D eigenvalue weighted by molar-refractivity contribution is 0.681. The van der Waals surface area contributed by atoms with E-state index in [1.165, 1.54) is 0 Å². The summed E-state index contributed by atoms with van der Waals surface area (Å²) < 4.78 is 1.83. The maximum Gasteiger partial charge on any atom is 0.123 e. The van der Waals surface area contributed by atoms with Gasteiger partial charge >= 0.3 is 0 Å². The van der Waals surface area contributed by atoms with Gasteiger partial charge in [0.25, 0.3) is 0 Å². The number of hydrogen-bond donors (Lipinski definition) is 1. The molecule has 0 amide bonds. The normalized spacial score (nSPS) is 10.7. The standard InChI is InChI=1S/C12H16N4S/c1-3-6-9-11(13)12(16(2)15-9)17-10-7-4-5-8-14-10/h4-5,7-8H,3,6,13H2,1-2H3. The van der Waals surface area contributed by atoms with E-state index in [0.29, 0.717) is 0 Å². The molecule has 2 aromatic rings. The molecule has 2 heterocycles. The number of pyridine rings is 1. The molecule has 0 bridgehead atoms. The fourth-order valence-electron chi connectivity index (χ4n) is 1.63. The van der Waals surface area contributed by atoms with E-state index in [9.17, 15) is 0 Å². The highest BCUT2D eigenvalue weighted by molar-refractivity contribution is 7.99. The average Bonchev–Trinajstić information content (AvgIpc) is 2.59. The van der Waals surface area contributed by atoms with Gasteiger partial charge in [-0.1, -0.05) is 19.4 Å². The Balaban J connectivity index is 2.27. The van der Waals surface area contributed by atoms with Gasteiger partial charge in [-0.15, -0.1) is 0 Å². The van der Waals surface area contributed by atoms with E-state index in [4.69, 9.17) is 5.73 Å². The van der Waals surface area contributed by atoms with E-state index < -0.39 is 0 Å². The van der Waals surface area contributed by atoms with Crippen LogP contribution in [0.4, 0.5) is 5.69 Å². The Hall–Kier alpha value is -1.49. The van der Waals surface area contributed by atoms with Crippen LogP contribution in [0.5, 0.6) is 0 Å². The lowest BCUT2D eigenvalue weighted by Crippen LogP contribution is -1.94. The van der Waals surface area contributed by atoms with E-state index >= 15 is 0 Å². The Morgan fingerprint density at radius 2 is 2.24 bits per heavy atom. The van der Waals surface area contributed by atoms with E-state index in [0.717, 1.165) is 34.3 Å². The van der Waals surface area contributed by atoms with E-state index in [1.54, 1.807) is 18.0 Å². The molecular formula is C12H16N4S. The van der Waals surface area contributed by atoms with Crippen molar-refractivity contribution in [1.82, 2.24) is 14.8 Å². The third-order valence-corrected chi connectivity index (χ3v) is 3.56. The minimum absolute atomic E-state index is 0.782. The molecule has 0 aliphatic carbocycles. The van der Waals surface area contributed by atoms with Crippen LogP contribution in [0.25, 0.3) is 0 Å². The molecule has 0 unspecified atom stereocenters. The molecule has 90 valence electrons. The fraction of sp³-hybridized carbons (Fsp3) is 0.333. The molecule has 0 aromatic carbocycles. The molecule has 0 spiro atoms. The van der Waals surface area contributed by atoms with E-state index in [-0.39, 0.29) is 0 Å². The van der Waals surface area contributed by atoms with Crippen LogP contribution in [0, 0.1) is 0 Å². The molecule has 4 nitrogen and oxygen atoms in total. The second-order valence-corrected chi connectivity index (χ2v) is 4.82. The first-order valence-electron chi connectivity index (χ1n) is 5.62. The summed E-state index contributed by atoms with van der Waals surface area (Å²) in [6.45, 7) is 2.12. The van der Waals surface area contributed by atoms with Crippen LogP contribution in [0.3, 0.4) is 0 Å². The van der Waals surface area contributed by atoms with Crippen molar-refractivity contribution in [2.45, 2.75) is 29.8 Å². The fourth-order valence-corrected chi connectivity index (χ4v) is 2.49. The smallest absolute Gasteiger partial charge is 0.123 e. The summed E-state index contributed by atoms with van der Waals surface area (Å²) in [6.07, 6.45) is 3.75. The molecule has 0 saturated carbocycles. The van der Waals surface area contributed by atoms with Crippen molar-refractivity contribution in [1.29, 1.82) is 0 Å². The van der Waals surface area contributed by atoms with Gasteiger partial charge in [-0.25, -0.2) is 4.98 Å². The Labute approximate surface area is 105 Å². The first kappa shape index (κ1) is 12.0. The summed E-state index contributed by atoms with van der Waals surface area (Å²) in [5, 5.41) is 6.34. The lowest BCUT2D eigenvalue weighted by Gasteiger charge is -2.01. The predicted octanol–water partition coefficient (Wildman–Crippen LogP) is 2.50. The van der Waals surface area contributed by atoms with Crippen molar-refractivity contribution in [3.05, 3.63) is 30.1 Å². The van der Waals surface area contributed by atoms with Gasteiger partial charge in [0.15, 0.2) is 0 Å². The summed E-state index contributed by atoms with van der Waals surface area (Å²) in [5.74, 6) is 0. The van der Waals surface area contributed by atoms with Crippen molar-refractivity contribution >= 4 is 17.4 Å². The Morgan fingerprint density at radius 3 is 2.88 bits per heavy atom. The zero-order valence-corrected chi connectivity index (χ0v) is 10.9. The molecule has 5 heteroatoms. The minimum Gasteiger partial charge on any atom is -0.395 e. The molecule has 2 N–H and O–H groups in total. The molecular weight excluding hydrogens is 232 g/mol. The molecule has 2 rings (SSSR count). The van der Waals surface area contributed by atoms with Gasteiger partial charge in [0, 0.05) is 13.2 Å². The van der Waals surface area contributed by atoms with Crippen LogP contribution >= 0.6 is 11.8 Å². The SMILES string of the molecule is CCCc1nn(C)c(Sc2ccccn2)c1N. The van der Waals surface area contributed by atoms with Gasteiger partial charge < -0.3 is 5.73 Å². The van der Waals surface area contributed by atoms with Crippen LogP contribution in [0.1, 0.15) is 19.0 Å². The molecule has 0 aliphatic heterocycles. The number of rotatable bonds is 4. The number of anilines is 1. The summed E-state index contributed by atoms with van der Waals surface area (Å²) in [7, 11) is 1.92. The minimum atomic E-state index is 0.782. The maximum absolute atomic E-state index is 6.11. The van der Waals surface area contributed by atoms with Gasteiger partial charge in [-0.05, 0) is 30.3 Å². The molecule has 17 heavy (non-hydrogen) atoms. The highest BCUT2D eigenvalue weighted by Gasteiger charge is 2.14. The molecule has 0 radical (unpaired) electrons. The Morgan fingerprint density at radius 1 is 1.41 bits per heavy atom. The number of hydrogen-bond acceptors (Lipinski definition) is 4. The summed E-state index contributed by atoms with van der Waals surface area (Å²) in [6, 6.07) is 5.84. The van der Waals surface area contributed by atoms with E-state index in [1.807, 2.05) is 29.9 Å². The first-order chi connectivity index (χ1) is 8.22. The largest absolute Gasteiger partial charge is 0.395 e. The second kappa shape index (κ2) is 5.23. The molecule has 0 fully saturated rings. The van der Waals surface area contributed by atoms with Crippen molar-refractivity contribution in [2.24, 2.45) is 7.05 Å². The van der Waals surface area contributed by atoms with Crippen LogP contribution in [-0.4, -0.2) is 14.8 Å². The zero-order chi connectivity index (χ0) is 12.3. The summed E-state index contributed by atoms with van der Waals surface area (Å²) >= 11 is 1.55. The second-order valence-electron chi connectivity index (χ2n) is 3.81. The van der Waals surface area contributed by atoms with Crippen LogP contribution in [0.2, 0.25) is 0 Å². The third-order valence-electron chi connectivity index (χ3n) is 2.43. The molecule has 0 saturated heterocycles. The van der Waals surface area contributed by atoms with Crippen LogP contribution in [-0.2, 0) is 13.5 Å². The van der Waals surface area contributed by atoms with Crippen molar-refractivity contribution < 1.29 is 0 Å². The molecule has 0 atom stereocenters. The number of aryl methyl sites for hydroxylation is 2. The van der Waals surface area contributed by atoms with Gasteiger partial charge in [0.2, 0.25) is 0 Å².